The molecule has 0 aliphatic carbocycles. The molecule has 0 N–H and O–H groups in total. The minimum atomic E-state index is -0.643. The van der Waals surface area contributed by atoms with Crippen LogP contribution < -0.4 is 0 Å². The van der Waals surface area contributed by atoms with E-state index in [1.807, 2.05) is 6.26 Å². The number of carbonyl (C=O) groups excluding carboxylic acids is 1. The van der Waals surface area contributed by atoms with Crippen LogP contribution >= 0.6 is 11.8 Å². The lowest BCUT2D eigenvalue weighted by Crippen LogP contribution is -2.37. The number of hydrazone groups is 1. The monoisotopic (exact) mass is 285 g/mol. The Morgan fingerprint density at radius 2 is 2.42 bits per heavy atom. The molecule has 1 aliphatic heterocycles. The average molecular weight is 285 g/mol. The second kappa shape index (κ2) is 5.74. The predicted molar refractivity (Wildman–Crippen MR) is 68.1 cm³/mol. The number of furan rings is 1. The molecule has 1 unspecified atom stereocenters. The Bertz CT molecular complexity index is 515. The van der Waals surface area contributed by atoms with Crippen LogP contribution in [0, 0.1) is 10.1 Å². The first-order valence-corrected chi connectivity index (χ1v) is 6.68. The van der Waals surface area contributed by atoms with E-state index in [1.54, 1.807) is 0 Å². The first-order chi connectivity index (χ1) is 9.10. The number of nitrogens with zero attached hydrogens (tertiary/aromatic N) is 3. The van der Waals surface area contributed by atoms with Gasteiger partial charge in [0.1, 0.15) is 4.92 Å². The van der Waals surface area contributed by atoms with E-state index in [2.05, 4.69) is 5.10 Å². The van der Waals surface area contributed by atoms with E-state index in [9.17, 15) is 14.9 Å². The van der Waals surface area contributed by atoms with Crippen LogP contribution in [0.1, 0.15) is 12.2 Å². The number of hydrogen-bond donors (Lipinski definition) is 0. The molecular weight excluding hydrogens is 274 g/mol. The smallest absolute Gasteiger partial charge is 0.433 e. The van der Waals surface area contributed by atoms with Gasteiger partial charge in [0.05, 0.1) is 18.8 Å². The van der Waals surface area contributed by atoms with E-state index in [0.29, 0.717) is 13.0 Å². The average Bonchev–Trinajstić information content (AvgIpc) is 2.86. The van der Waals surface area contributed by atoms with Gasteiger partial charge in [-0.05, 0) is 12.3 Å². The van der Waals surface area contributed by atoms with Crippen molar-refractivity contribution in [2.75, 3.05) is 12.8 Å². The topological polar surface area (TPSA) is 98.2 Å². The first kappa shape index (κ1) is 13.4. The van der Waals surface area contributed by atoms with Crippen molar-refractivity contribution in [1.29, 1.82) is 0 Å². The van der Waals surface area contributed by atoms with E-state index >= 15 is 0 Å². The third-order valence-corrected chi connectivity index (χ3v) is 3.26. The molecule has 1 aromatic heterocycles. The highest BCUT2D eigenvalue weighted by molar-refractivity contribution is 7.99. The summed E-state index contributed by atoms with van der Waals surface area (Å²) in [6.45, 7) is 0.434. The zero-order valence-corrected chi connectivity index (χ0v) is 10.8. The van der Waals surface area contributed by atoms with Gasteiger partial charge in [0.25, 0.3) is 0 Å². The summed E-state index contributed by atoms with van der Waals surface area (Å²) in [6, 6.07) is 2.63. The molecule has 2 heterocycles. The zero-order valence-electron chi connectivity index (χ0n) is 10.0. The third kappa shape index (κ3) is 3.25. The molecule has 1 atom stereocenters. The largest absolute Gasteiger partial charge is 0.434 e. The summed E-state index contributed by atoms with van der Waals surface area (Å²) in [5.74, 6) is -0.170. The third-order valence-electron chi connectivity index (χ3n) is 2.40. The lowest BCUT2D eigenvalue weighted by Gasteiger charge is -2.27. The Morgan fingerprint density at radius 1 is 1.63 bits per heavy atom. The van der Waals surface area contributed by atoms with Gasteiger partial charge in [-0.2, -0.15) is 10.1 Å². The fraction of sp³-hybridized carbons (Fsp3) is 0.400. The van der Waals surface area contributed by atoms with Crippen molar-refractivity contribution in [2.45, 2.75) is 11.9 Å². The number of amides is 1. The summed E-state index contributed by atoms with van der Waals surface area (Å²) < 4.78 is 9.96. The highest BCUT2D eigenvalue weighted by Crippen LogP contribution is 2.20. The van der Waals surface area contributed by atoms with E-state index in [0.717, 1.165) is 5.01 Å². The Morgan fingerprint density at radius 3 is 3.00 bits per heavy atom. The van der Waals surface area contributed by atoms with E-state index in [1.165, 1.54) is 30.1 Å². The minimum Gasteiger partial charge on any atom is -0.434 e. The molecule has 0 bridgehead atoms. The Kier molecular flexibility index (Phi) is 4.05. The van der Waals surface area contributed by atoms with Crippen LogP contribution in [0.3, 0.4) is 0 Å². The van der Waals surface area contributed by atoms with E-state index in [-0.39, 0.29) is 17.1 Å². The summed E-state index contributed by atoms with van der Waals surface area (Å²) in [5.41, 5.74) is -0.149. The Labute approximate surface area is 112 Å². The number of thioether (sulfide) groups is 1. The number of rotatable bonds is 4. The molecule has 1 aromatic rings. The molecule has 0 spiro atoms. The SMILES string of the molecule is CSC1CCN(N=Cc2ccc([N+](=O)[O-])o2)C(=O)O1. The number of nitro groups is 1. The molecule has 2 rings (SSSR count). The zero-order chi connectivity index (χ0) is 13.8. The van der Waals surface area contributed by atoms with Crippen LogP contribution in [-0.4, -0.2) is 40.5 Å². The van der Waals surface area contributed by atoms with Crippen LogP contribution in [0.25, 0.3) is 0 Å². The summed E-state index contributed by atoms with van der Waals surface area (Å²) >= 11 is 1.46. The molecule has 0 radical (unpaired) electrons. The predicted octanol–water partition coefficient (Wildman–Crippen LogP) is 2.05. The fourth-order valence-electron chi connectivity index (χ4n) is 1.46. The van der Waals surface area contributed by atoms with Crippen molar-refractivity contribution in [3.63, 3.8) is 0 Å². The van der Waals surface area contributed by atoms with Crippen molar-refractivity contribution in [3.8, 4) is 0 Å². The summed E-state index contributed by atoms with van der Waals surface area (Å²) in [7, 11) is 0. The maximum Gasteiger partial charge on any atom is 0.433 e. The van der Waals surface area contributed by atoms with Crippen molar-refractivity contribution in [3.05, 3.63) is 28.0 Å². The molecule has 8 nitrogen and oxygen atoms in total. The standard InChI is InChI=1S/C10H11N3O5S/c1-19-9-4-5-12(10(14)18-9)11-6-7-2-3-8(17-7)13(15)16/h2-3,6,9H,4-5H2,1H3. The molecule has 1 aliphatic rings. The molecule has 102 valence electrons. The fourth-order valence-corrected chi connectivity index (χ4v) is 1.98. The lowest BCUT2D eigenvalue weighted by atomic mass is 10.4. The second-order valence-corrected chi connectivity index (χ2v) is 4.64. The molecule has 9 heteroatoms. The molecular formula is C10H11N3O5S. The van der Waals surface area contributed by atoms with Gasteiger partial charge < -0.3 is 9.15 Å². The summed E-state index contributed by atoms with van der Waals surface area (Å²) in [5, 5.41) is 15.5. The van der Waals surface area contributed by atoms with Gasteiger partial charge in [-0.3, -0.25) is 10.1 Å². The lowest BCUT2D eigenvalue weighted by molar-refractivity contribution is -0.402. The van der Waals surface area contributed by atoms with E-state index < -0.39 is 11.0 Å². The molecule has 0 aromatic carbocycles. The Hall–Kier alpha value is -2.03. The van der Waals surface area contributed by atoms with Gasteiger partial charge in [-0.15, -0.1) is 11.8 Å². The van der Waals surface area contributed by atoms with Gasteiger partial charge in [-0.1, -0.05) is 0 Å². The van der Waals surface area contributed by atoms with Crippen LogP contribution in [0.2, 0.25) is 0 Å². The maximum atomic E-state index is 11.5. The molecule has 19 heavy (non-hydrogen) atoms. The molecule has 0 saturated carbocycles. The van der Waals surface area contributed by atoms with E-state index in [4.69, 9.17) is 9.15 Å². The summed E-state index contributed by atoms with van der Waals surface area (Å²) in [4.78, 5) is 21.3. The quantitative estimate of drug-likeness (QED) is 0.477. The van der Waals surface area contributed by atoms with Crippen LogP contribution in [0.5, 0.6) is 0 Å². The first-order valence-electron chi connectivity index (χ1n) is 5.39. The van der Waals surface area contributed by atoms with Crippen molar-refractivity contribution in [2.24, 2.45) is 5.10 Å². The normalized spacial score (nSPS) is 19.7. The van der Waals surface area contributed by atoms with Gasteiger partial charge >= 0.3 is 12.0 Å². The highest BCUT2D eigenvalue weighted by atomic mass is 32.2. The molecule has 1 saturated heterocycles. The van der Waals surface area contributed by atoms with Crippen LogP contribution in [0.15, 0.2) is 21.7 Å². The highest BCUT2D eigenvalue weighted by Gasteiger charge is 2.26. The molecule has 1 amide bonds. The summed E-state index contributed by atoms with van der Waals surface area (Å²) in [6.07, 6.45) is 3.23. The number of hydrogen-bond acceptors (Lipinski definition) is 7. The van der Waals surface area contributed by atoms with Crippen molar-refractivity contribution in [1.82, 2.24) is 5.01 Å². The minimum absolute atomic E-state index is 0.149. The van der Waals surface area contributed by atoms with Gasteiger partial charge in [0.2, 0.25) is 0 Å². The van der Waals surface area contributed by atoms with Gasteiger partial charge in [-0.25, -0.2) is 4.79 Å². The van der Waals surface area contributed by atoms with Crippen LogP contribution in [0.4, 0.5) is 10.7 Å². The van der Waals surface area contributed by atoms with Gasteiger partial charge in [0, 0.05) is 6.42 Å². The maximum absolute atomic E-state index is 11.5. The Balaban J connectivity index is 1.98. The van der Waals surface area contributed by atoms with Crippen molar-refractivity contribution < 1.29 is 18.9 Å². The number of carbonyl (C=O) groups is 1. The number of ether oxygens (including phenoxy) is 1. The number of cyclic esters (lactones) is 1. The second-order valence-electron chi connectivity index (χ2n) is 3.64. The molecule has 1 fully saturated rings. The van der Waals surface area contributed by atoms with Gasteiger partial charge in [0.15, 0.2) is 11.2 Å². The van der Waals surface area contributed by atoms with Crippen LogP contribution in [-0.2, 0) is 4.74 Å². The van der Waals surface area contributed by atoms with Crippen molar-refractivity contribution >= 4 is 30.0 Å².